The van der Waals surface area contributed by atoms with Crippen molar-refractivity contribution in [2.24, 2.45) is 0 Å². The normalized spacial score (nSPS) is 11.6. The number of hydrogen-bond acceptors (Lipinski definition) is 4. The molecule has 2 aromatic carbocycles. The van der Waals surface area contributed by atoms with Crippen LogP contribution in [0.5, 0.6) is 5.75 Å². The molecule has 1 amide bonds. The zero-order valence-corrected chi connectivity index (χ0v) is 12.9. The lowest BCUT2D eigenvalue weighted by Crippen LogP contribution is -2.29. The number of aliphatic hydroxyl groups excluding tert-OH is 1. The molecule has 120 valence electrons. The number of aliphatic hydroxyl groups is 1. The Labute approximate surface area is 135 Å². The molecule has 0 radical (unpaired) electrons. The van der Waals surface area contributed by atoms with E-state index in [1.807, 2.05) is 30.3 Å². The maximum absolute atomic E-state index is 11.2. The van der Waals surface area contributed by atoms with Gasteiger partial charge in [0.2, 0.25) is 6.41 Å². The number of aldehydes is 1. The fraction of sp³-hybridized carbons (Fsp3) is 0.222. The number of ether oxygens (including phenoxy) is 1. The summed E-state index contributed by atoms with van der Waals surface area (Å²) in [6.07, 6.45) is 0.702. The van der Waals surface area contributed by atoms with Crippen LogP contribution in [-0.4, -0.2) is 30.5 Å². The van der Waals surface area contributed by atoms with Gasteiger partial charge in [0.1, 0.15) is 12.4 Å². The molecule has 0 saturated heterocycles. The largest absolute Gasteiger partial charge is 0.488 e. The summed E-state index contributed by atoms with van der Waals surface area (Å²) in [6.45, 7) is 2.09. The SMILES string of the molecule is CC(O)CN(C=O)c1ccc(C=O)c(OCc2ccccc2)c1. The summed E-state index contributed by atoms with van der Waals surface area (Å²) in [5.74, 6) is 0.402. The van der Waals surface area contributed by atoms with Gasteiger partial charge in [-0.25, -0.2) is 0 Å². The Bertz CT molecular complexity index is 655. The minimum absolute atomic E-state index is 0.169. The number of rotatable bonds is 8. The van der Waals surface area contributed by atoms with Gasteiger partial charge in [-0.3, -0.25) is 9.59 Å². The van der Waals surface area contributed by atoms with Crippen molar-refractivity contribution in [3.05, 3.63) is 59.7 Å². The number of nitrogens with zero attached hydrogens (tertiary/aromatic N) is 1. The minimum Gasteiger partial charge on any atom is -0.488 e. The van der Waals surface area contributed by atoms with E-state index in [1.54, 1.807) is 25.1 Å². The molecule has 1 unspecified atom stereocenters. The topological polar surface area (TPSA) is 66.8 Å². The lowest BCUT2D eigenvalue weighted by molar-refractivity contribution is -0.107. The van der Waals surface area contributed by atoms with Crippen LogP contribution in [0.2, 0.25) is 0 Å². The van der Waals surface area contributed by atoms with E-state index in [9.17, 15) is 14.7 Å². The van der Waals surface area contributed by atoms with Crippen LogP contribution < -0.4 is 9.64 Å². The number of carbonyl (C=O) groups excluding carboxylic acids is 2. The average molecular weight is 313 g/mol. The van der Waals surface area contributed by atoms with Gasteiger partial charge in [-0.1, -0.05) is 30.3 Å². The highest BCUT2D eigenvalue weighted by molar-refractivity contribution is 5.83. The molecule has 0 bridgehead atoms. The van der Waals surface area contributed by atoms with Gasteiger partial charge in [-0.15, -0.1) is 0 Å². The van der Waals surface area contributed by atoms with Gasteiger partial charge in [0, 0.05) is 11.8 Å². The van der Waals surface area contributed by atoms with Gasteiger partial charge in [-0.2, -0.15) is 0 Å². The quantitative estimate of drug-likeness (QED) is 0.760. The van der Waals surface area contributed by atoms with Gasteiger partial charge < -0.3 is 14.7 Å². The number of benzene rings is 2. The summed E-state index contributed by atoms with van der Waals surface area (Å²) in [7, 11) is 0. The van der Waals surface area contributed by atoms with Crippen LogP contribution in [0.3, 0.4) is 0 Å². The summed E-state index contributed by atoms with van der Waals surface area (Å²) in [4.78, 5) is 23.7. The van der Waals surface area contributed by atoms with Crippen LogP contribution in [-0.2, 0) is 11.4 Å². The fourth-order valence-corrected chi connectivity index (χ4v) is 2.15. The van der Waals surface area contributed by atoms with Crippen molar-refractivity contribution in [2.75, 3.05) is 11.4 Å². The van der Waals surface area contributed by atoms with Crippen LogP contribution >= 0.6 is 0 Å². The maximum Gasteiger partial charge on any atom is 0.214 e. The van der Waals surface area contributed by atoms with Gasteiger partial charge >= 0.3 is 0 Å². The molecule has 0 aliphatic rings. The summed E-state index contributed by atoms with van der Waals surface area (Å²) in [5, 5.41) is 9.45. The molecule has 5 heteroatoms. The van der Waals surface area contributed by atoms with Gasteiger partial charge in [0.15, 0.2) is 6.29 Å². The molecule has 0 saturated carbocycles. The van der Waals surface area contributed by atoms with E-state index in [4.69, 9.17) is 4.74 Å². The Morgan fingerprint density at radius 1 is 1.17 bits per heavy atom. The Hall–Kier alpha value is -2.66. The molecule has 0 fully saturated rings. The third kappa shape index (κ3) is 4.66. The van der Waals surface area contributed by atoms with Crippen molar-refractivity contribution in [1.29, 1.82) is 0 Å². The van der Waals surface area contributed by atoms with Gasteiger partial charge in [0.05, 0.1) is 18.2 Å². The van der Waals surface area contributed by atoms with Gasteiger partial charge in [0.25, 0.3) is 0 Å². The van der Waals surface area contributed by atoms with E-state index in [2.05, 4.69) is 0 Å². The third-order valence-corrected chi connectivity index (χ3v) is 3.28. The zero-order valence-electron chi connectivity index (χ0n) is 12.9. The smallest absolute Gasteiger partial charge is 0.214 e. The van der Waals surface area contributed by atoms with Crippen molar-refractivity contribution in [3.8, 4) is 5.75 Å². The first kappa shape index (κ1) is 16.7. The van der Waals surface area contributed by atoms with E-state index >= 15 is 0 Å². The minimum atomic E-state index is -0.653. The van der Waals surface area contributed by atoms with Crippen LogP contribution in [0.1, 0.15) is 22.8 Å². The molecule has 2 aromatic rings. The number of amides is 1. The first-order valence-corrected chi connectivity index (χ1v) is 7.30. The standard InChI is InChI=1S/C18H19NO4/c1-14(22)10-19(13-21)17-8-7-16(11-20)18(9-17)23-12-15-5-3-2-4-6-15/h2-9,11,13-14,22H,10,12H2,1H3. The molecule has 23 heavy (non-hydrogen) atoms. The Balaban J connectivity index is 2.21. The maximum atomic E-state index is 11.2. The Morgan fingerprint density at radius 2 is 1.91 bits per heavy atom. The van der Waals surface area contributed by atoms with E-state index < -0.39 is 6.10 Å². The van der Waals surface area contributed by atoms with Crippen LogP contribution in [0.25, 0.3) is 0 Å². The second-order valence-electron chi connectivity index (χ2n) is 5.22. The molecule has 5 nitrogen and oxygen atoms in total. The number of hydrogen-bond donors (Lipinski definition) is 1. The third-order valence-electron chi connectivity index (χ3n) is 3.28. The van der Waals surface area contributed by atoms with Gasteiger partial charge in [-0.05, 0) is 24.6 Å². The Kier molecular flexibility index (Phi) is 5.88. The molecule has 2 rings (SSSR count). The summed E-state index contributed by atoms with van der Waals surface area (Å²) in [5.41, 5.74) is 1.95. The highest BCUT2D eigenvalue weighted by atomic mass is 16.5. The van der Waals surface area contributed by atoms with E-state index in [1.165, 1.54) is 4.90 Å². The van der Waals surface area contributed by atoms with Crippen LogP contribution in [0.4, 0.5) is 5.69 Å². The lowest BCUT2D eigenvalue weighted by Gasteiger charge is -2.20. The summed E-state index contributed by atoms with van der Waals surface area (Å²) >= 11 is 0. The predicted octanol–water partition coefficient (Wildman–Crippen LogP) is 2.42. The molecule has 1 atom stereocenters. The first-order chi connectivity index (χ1) is 11.1. The zero-order chi connectivity index (χ0) is 16.7. The predicted molar refractivity (Wildman–Crippen MR) is 87.7 cm³/mol. The number of anilines is 1. The molecule has 0 aromatic heterocycles. The molecular formula is C18H19NO4. The monoisotopic (exact) mass is 313 g/mol. The van der Waals surface area contributed by atoms with Crippen LogP contribution in [0, 0.1) is 0 Å². The van der Waals surface area contributed by atoms with E-state index in [0.29, 0.717) is 36.3 Å². The van der Waals surface area contributed by atoms with Crippen molar-refractivity contribution in [1.82, 2.24) is 0 Å². The van der Waals surface area contributed by atoms with Crippen molar-refractivity contribution in [3.63, 3.8) is 0 Å². The van der Waals surface area contributed by atoms with Crippen molar-refractivity contribution < 1.29 is 19.4 Å². The summed E-state index contributed by atoms with van der Waals surface area (Å²) < 4.78 is 5.72. The van der Waals surface area contributed by atoms with E-state index in [-0.39, 0.29) is 6.54 Å². The van der Waals surface area contributed by atoms with Crippen LogP contribution in [0.15, 0.2) is 48.5 Å². The summed E-state index contributed by atoms with van der Waals surface area (Å²) in [6, 6.07) is 14.5. The molecular weight excluding hydrogens is 294 g/mol. The molecule has 1 N–H and O–H groups in total. The lowest BCUT2D eigenvalue weighted by atomic mass is 10.1. The fourth-order valence-electron chi connectivity index (χ4n) is 2.15. The van der Waals surface area contributed by atoms with Crippen molar-refractivity contribution >= 4 is 18.4 Å². The van der Waals surface area contributed by atoms with E-state index in [0.717, 1.165) is 5.56 Å². The average Bonchev–Trinajstić information content (AvgIpc) is 2.58. The molecule has 0 spiro atoms. The highest BCUT2D eigenvalue weighted by Gasteiger charge is 2.12. The highest BCUT2D eigenvalue weighted by Crippen LogP contribution is 2.25. The molecule has 0 aliphatic carbocycles. The number of carbonyl (C=O) groups is 2. The second-order valence-corrected chi connectivity index (χ2v) is 5.22. The Morgan fingerprint density at radius 3 is 2.52 bits per heavy atom. The van der Waals surface area contributed by atoms with Crippen molar-refractivity contribution in [2.45, 2.75) is 19.6 Å². The second kappa shape index (κ2) is 8.10. The first-order valence-electron chi connectivity index (χ1n) is 7.30. The molecule has 0 aliphatic heterocycles. The molecule has 0 heterocycles.